The van der Waals surface area contributed by atoms with Gasteiger partial charge in [0.2, 0.25) is 0 Å². The summed E-state index contributed by atoms with van der Waals surface area (Å²) in [6.45, 7) is 4.40. The van der Waals surface area contributed by atoms with Crippen molar-refractivity contribution >= 4 is 15.9 Å². The first-order valence-corrected chi connectivity index (χ1v) is 9.21. The van der Waals surface area contributed by atoms with Crippen LogP contribution < -0.4 is 4.74 Å². The van der Waals surface area contributed by atoms with Crippen LogP contribution >= 0.6 is 0 Å². The average molecular weight is 345 g/mol. The summed E-state index contributed by atoms with van der Waals surface area (Å²) in [4.78, 5) is 12.4. The summed E-state index contributed by atoms with van der Waals surface area (Å²) < 4.78 is 31.5. The molecule has 2 aromatic carbocycles. The maximum atomic E-state index is 12.4. The molecule has 0 saturated carbocycles. The predicted octanol–water partition coefficient (Wildman–Crippen LogP) is 2.92. The van der Waals surface area contributed by atoms with Crippen molar-refractivity contribution in [3.8, 4) is 5.75 Å². The van der Waals surface area contributed by atoms with Crippen molar-refractivity contribution in [1.29, 1.82) is 0 Å². The minimum Gasteiger partial charge on any atom is -0.493 e. The quantitative estimate of drug-likeness (QED) is 0.782. The van der Waals surface area contributed by atoms with E-state index in [0.717, 1.165) is 21.2 Å². The Morgan fingerprint density at radius 2 is 1.83 bits per heavy atom. The summed E-state index contributed by atoms with van der Waals surface area (Å²) in [6.07, 6.45) is 0.437. The Bertz CT molecular complexity index is 890. The average Bonchev–Trinajstić information content (AvgIpc) is 2.75. The van der Waals surface area contributed by atoms with E-state index in [1.165, 1.54) is 6.07 Å². The molecular formula is C18H19NO4S. The van der Waals surface area contributed by atoms with E-state index in [0.29, 0.717) is 13.0 Å². The molecule has 5 nitrogen and oxygen atoms in total. The predicted molar refractivity (Wildman–Crippen MR) is 90.7 cm³/mol. The van der Waals surface area contributed by atoms with Gasteiger partial charge in [-0.15, -0.1) is 0 Å². The van der Waals surface area contributed by atoms with Crippen molar-refractivity contribution in [1.82, 2.24) is 4.31 Å². The third kappa shape index (κ3) is 2.89. The second kappa shape index (κ2) is 6.28. The normalized spacial score (nSPS) is 15.4. The maximum Gasteiger partial charge on any atom is 0.269 e. The molecule has 0 radical (unpaired) electrons. The van der Waals surface area contributed by atoms with Gasteiger partial charge in [0.1, 0.15) is 10.6 Å². The first-order valence-electron chi connectivity index (χ1n) is 7.77. The molecule has 3 rings (SSSR count). The van der Waals surface area contributed by atoms with E-state index in [4.69, 9.17) is 4.74 Å². The Balaban J connectivity index is 1.64. The second-order valence-electron chi connectivity index (χ2n) is 5.85. The van der Waals surface area contributed by atoms with Gasteiger partial charge in [0.05, 0.1) is 12.2 Å². The van der Waals surface area contributed by atoms with E-state index in [1.54, 1.807) is 18.2 Å². The summed E-state index contributed by atoms with van der Waals surface area (Å²) in [7, 11) is -3.73. The highest BCUT2D eigenvalue weighted by atomic mass is 32.2. The maximum absolute atomic E-state index is 12.4. The lowest BCUT2D eigenvalue weighted by Gasteiger charge is -2.15. The van der Waals surface area contributed by atoms with Gasteiger partial charge in [-0.05, 0) is 43.2 Å². The van der Waals surface area contributed by atoms with Gasteiger partial charge in [-0.1, -0.05) is 24.3 Å². The molecule has 0 fully saturated rings. The van der Waals surface area contributed by atoms with Gasteiger partial charge in [-0.2, -0.15) is 0 Å². The number of benzene rings is 2. The standard InChI is InChI=1S/C18H19NO4S/c1-13-8-9-14(2)16(12-13)23-11-5-10-19-18(20)15-6-3-4-7-17(15)24(19,21)22/h3-4,6-9,12H,5,10-11H2,1-2H3. The van der Waals surface area contributed by atoms with Crippen molar-refractivity contribution in [3.05, 3.63) is 59.2 Å². The minimum atomic E-state index is -3.73. The topological polar surface area (TPSA) is 63.7 Å². The van der Waals surface area contributed by atoms with Crippen LogP contribution in [0.4, 0.5) is 0 Å². The number of fused-ring (bicyclic) bond motifs is 1. The first-order chi connectivity index (χ1) is 11.4. The van der Waals surface area contributed by atoms with Crippen LogP contribution in [-0.4, -0.2) is 31.8 Å². The van der Waals surface area contributed by atoms with Gasteiger partial charge in [-0.3, -0.25) is 4.79 Å². The highest BCUT2D eigenvalue weighted by Crippen LogP contribution is 2.30. The van der Waals surface area contributed by atoms with Gasteiger partial charge in [0.15, 0.2) is 0 Å². The fourth-order valence-electron chi connectivity index (χ4n) is 2.71. The van der Waals surface area contributed by atoms with Crippen LogP contribution in [-0.2, 0) is 10.0 Å². The molecule has 1 aliphatic heterocycles. The number of ether oxygens (including phenoxy) is 1. The molecule has 1 heterocycles. The van der Waals surface area contributed by atoms with E-state index < -0.39 is 15.9 Å². The first kappa shape index (κ1) is 16.5. The summed E-state index contributed by atoms with van der Waals surface area (Å²) in [5.41, 5.74) is 2.37. The zero-order valence-electron chi connectivity index (χ0n) is 13.7. The molecule has 0 bridgehead atoms. The van der Waals surface area contributed by atoms with E-state index in [2.05, 4.69) is 0 Å². The van der Waals surface area contributed by atoms with E-state index in [-0.39, 0.29) is 17.0 Å². The summed E-state index contributed by atoms with van der Waals surface area (Å²) in [5, 5.41) is 0. The Morgan fingerprint density at radius 1 is 1.08 bits per heavy atom. The fourth-order valence-corrected chi connectivity index (χ4v) is 4.31. The van der Waals surface area contributed by atoms with Gasteiger partial charge < -0.3 is 4.74 Å². The van der Waals surface area contributed by atoms with E-state index in [9.17, 15) is 13.2 Å². The number of hydrogen-bond acceptors (Lipinski definition) is 4. The minimum absolute atomic E-state index is 0.0884. The molecule has 126 valence electrons. The van der Waals surface area contributed by atoms with Crippen molar-refractivity contribution in [2.75, 3.05) is 13.2 Å². The fraction of sp³-hybridized carbons (Fsp3) is 0.278. The monoisotopic (exact) mass is 345 g/mol. The Kier molecular flexibility index (Phi) is 4.32. The van der Waals surface area contributed by atoms with Gasteiger partial charge in [-0.25, -0.2) is 12.7 Å². The summed E-state index contributed by atoms with van der Waals surface area (Å²) in [6, 6.07) is 12.2. The molecule has 1 amide bonds. The molecule has 0 aliphatic carbocycles. The Morgan fingerprint density at radius 3 is 2.58 bits per heavy atom. The van der Waals surface area contributed by atoms with Crippen LogP contribution in [0.25, 0.3) is 0 Å². The zero-order valence-corrected chi connectivity index (χ0v) is 14.5. The SMILES string of the molecule is Cc1ccc(C)c(OCCCN2C(=O)c3ccccc3S2(=O)=O)c1. The summed E-state index contributed by atoms with van der Waals surface area (Å²) in [5.74, 6) is 0.325. The number of hydrogen-bond donors (Lipinski definition) is 0. The van der Waals surface area contributed by atoms with Gasteiger partial charge in [0.25, 0.3) is 15.9 Å². The summed E-state index contributed by atoms with van der Waals surface area (Å²) >= 11 is 0. The molecule has 0 aromatic heterocycles. The highest BCUT2D eigenvalue weighted by Gasteiger charge is 2.40. The molecule has 2 aromatic rings. The van der Waals surface area contributed by atoms with Crippen molar-refractivity contribution in [2.24, 2.45) is 0 Å². The molecule has 6 heteroatoms. The number of carbonyl (C=O) groups excluding carboxylic acids is 1. The molecule has 0 atom stereocenters. The lowest BCUT2D eigenvalue weighted by Crippen LogP contribution is -2.31. The number of carbonyl (C=O) groups is 1. The van der Waals surface area contributed by atoms with Crippen molar-refractivity contribution < 1.29 is 17.9 Å². The highest BCUT2D eigenvalue weighted by molar-refractivity contribution is 7.90. The van der Waals surface area contributed by atoms with Crippen LogP contribution in [0.2, 0.25) is 0 Å². The van der Waals surface area contributed by atoms with E-state index >= 15 is 0 Å². The van der Waals surface area contributed by atoms with Crippen molar-refractivity contribution in [3.63, 3.8) is 0 Å². The molecular weight excluding hydrogens is 326 g/mol. The second-order valence-corrected chi connectivity index (χ2v) is 7.68. The lowest BCUT2D eigenvalue weighted by atomic mass is 10.1. The molecule has 24 heavy (non-hydrogen) atoms. The largest absolute Gasteiger partial charge is 0.493 e. The molecule has 1 aliphatic rings. The smallest absolute Gasteiger partial charge is 0.269 e. The lowest BCUT2D eigenvalue weighted by molar-refractivity contribution is 0.0866. The molecule has 0 saturated heterocycles. The molecule has 0 spiro atoms. The number of rotatable bonds is 5. The third-order valence-corrected chi connectivity index (χ3v) is 5.86. The number of aryl methyl sites for hydroxylation is 2. The Labute approximate surface area is 141 Å². The van der Waals surface area contributed by atoms with Crippen molar-refractivity contribution in [2.45, 2.75) is 25.2 Å². The van der Waals surface area contributed by atoms with Crippen LogP contribution in [0.1, 0.15) is 27.9 Å². The van der Waals surface area contributed by atoms with Crippen LogP contribution in [0.15, 0.2) is 47.4 Å². The molecule has 0 unspecified atom stereocenters. The van der Waals surface area contributed by atoms with Gasteiger partial charge >= 0.3 is 0 Å². The third-order valence-electron chi connectivity index (χ3n) is 4.02. The van der Waals surface area contributed by atoms with E-state index in [1.807, 2.05) is 32.0 Å². The number of nitrogens with zero attached hydrogens (tertiary/aromatic N) is 1. The zero-order chi connectivity index (χ0) is 17.3. The Hall–Kier alpha value is -2.34. The van der Waals surface area contributed by atoms with Crippen LogP contribution in [0.5, 0.6) is 5.75 Å². The van der Waals surface area contributed by atoms with Gasteiger partial charge in [0, 0.05) is 13.0 Å². The number of sulfonamides is 1. The molecule has 0 N–H and O–H groups in total. The van der Waals surface area contributed by atoms with Crippen LogP contribution in [0, 0.1) is 13.8 Å². The van der Waals surface area contributed by atoms with Crippen LogP contribution in [0.3, 0.4) is 0 Å². The number of amides is 1.